The third-order valence-electron chi connectivity index (χ3n) is 2.58. The predicted molar refractivity (Wildman–Crippen MR) is 66.5 cm³/mol. The monoisotopic (exact) mass is 246 g/mol. The van der Waals surface area contributed by atoms with E-state index in [1.54, 1.807) is 7.11 Å². The molecule has 1 atom stereocenters. The Balaban J connectivity index is 3.09. The molecule has 0 aliphatic heterocycles. The summed E-state index contributed by atoms with van der Waals surface area (Å²) in [5.41, 5.74) is 2.17. The van der Waals surface area contributed by atoms with Crippen molar-refractivity contribution in [3.05, 3.63) is 28.3 Å². The third-order valence-corrected chi connectivity index (χ3v) is 3.21. The van der Waals surface area contributed by atoms with Crippen LogP contribution in [-0.2, 0) is 0 Å². The molecule has 0 aliphatic rings. The van der Waals surface area contributed by atoms with Crippen LogP contribution in [0.15, 0.2) is 12.1 Å². The minimum atomic E-state index is 0.371. The van der Waals surface area contributed by atoms with Crippen molar-refractivity contribution >= 4 is 23.2 Å². The second kappa shape index (κ2) is 5.62. The fourth-order valence-corrected chi connectivity index (χ4v) is 2.05. The molecule has 0 aromatic heterocycles. The normalized spacial score (nSPS) is 12.6. The Hall–Kier alpha value is -0.400. The zero-order chi connectivity index (χ0) is 11.4. The first-order valence-electron chi connectivity index (χ1n) is 5.00. The molecule has 0 fully saturated rings. The lowest BCUT2D eigenvalue weighted by Crippen LogP contribution is -1.99. The molecule has 1 aromatic rings. The summed E-state index contributed by atoms with van der Waals surface area (Å²) < 4.78 is 5.35. The van der Waals surface area contributed by atoms with Crippen LogP contribution in [0.1, 0.15) is 30.4 Å². The van der Waals surface area contributed by atoms with Crippen LogP contribution in [0.5, 0.6) is 5.75 Å². The summed E-state index contributed by atoms with van der Waals surface area (Å²) in [4.78, 5) is 0. The van der Waals surface area contributed by atoms with Gasteiger partial charge in [-0.1, -0.05) is 18.5 Å². The summed E-state index contributed by atoms with van der Waals surface area (Å²) in [5.74, 6) is 1.92. The topological polar surface area (TPSA) is 9.23 Å². The highest BCUT2D eigenvalue weighted by Gasteiger charge is 2.13. The summed E-state index contributed by atoms with van der Waals surface area (Å²) >= 11 is 11.8. The van der Waals surface area contributed by atoms with E-state index in [0.29, 0.717) is 11.8 Å². The van der Waals surface area contributed by atoms with Crippen molar-refractivity contribution in [2.45, 2.75) is 26.2 Å². The number of benzene rings is 1. The lowest BCUT2D eigenvalue weighted by atomic mass is 9.96. The molecule has 15 heavy (non-hydrogen) atoms. The highest BCUT2D eigenvalue weighted by atomic mass is 35.5. The molecular weight excluding hydrogens is 231 g/mol. The Morgan fingerprint density at radius 2 is 2.07 bits per heavy atom. The zero-order valence-electron chi connectivity index (χ0n) is 9.31. The molecule has 1 rings (SSSR count). The number of halogens is 2. The van der Waals surface area contributed by atoms with Crippen molar-refractivity contribution in [2.24, 2.45) is 0 Å². The lowest BCUT2D eigenvalue weighted by molar-refractivity contribution is 0.405. The van der Waals surface area contributed by atoms with Crippen LogP contribution in [0.2, 0.25) is 5.02 Å². The number of hydrogen-bond donors (Lipinski definition) is 0. The van der Waals surface area contributed by atoms with Gasteiger partial charge in [0.05, 0.1) is 7.11 Å². The highest BCUT2D eigenvalue weighted by Crippen LogP contribution is 2.33. The van der Waals surface area contributed by atoms with Gasteiger partial charge in [0, 0.05) is 10.9 Å². The minimum Gasteiger partial charge on any atom is -0.496 e. The predicted octanol–water partition coefficient (Wildman–Crippen LogP) is 4.39. The van der Waals surface area contributed by atoms with Crippen molar-refractivity contribution in [3.8, 4) is 5.75 Å². The van der Waals surface area contributed by atoms with Crippen molar-refractivity contribution < 1.29 is 4.74 Å². The van der Waals surface area contributed by atoms with Crippen molar-refractivity contribution in [1.29, 1.82) is 0 Å². The van der Waals surface area contributed by atoms with Crippen LogP contribution in [0.4, 0.5) is 0 Å². The molecule has 0 saturated heterocycles. The summed E-state index contributed by atoms with van der Waals surface area (Å²) in [7, 11) is 1.68. The van der Waals surface area contributed by atoms with Crippen molar-refractivity contribution in [3.63, 3.8) is 0 Å². The maximum absolute atomic E-state index is 6.10. The molecule has 0 bridgehead atoms. The Morgan fingerprint density at radius 1 is 1.40 bits per heavy atom. The Kier molecular flexibility index (Phi) is 4.75. The molecule has 84 valence electrons. The molecule has 1 nitrogen and oxygen atoms in total. The number of alkyl halides is 1. The summed E-state index contributed by atoms with van der Waals surface area (Å²) in [6.07, 6.45) is 0.928. The van der Waals surface area contributed by atoms with Gasteiger partial charge in [0.1, 0.15) is 5.75 Å². The van der Waals surface area contributed by atoms with Crippen molar-refractivity contribution in [2.75, 3.05) is 13.0 Å². The van der Waals surface area contributed by atoms with Crippen LogP contribution in [0.3, 0.4) is 0 Å². The smallest absolute Gasteiger partial charge is 0.122 e. The van der Waals surface area contributed by atoms with Crippen LogP contribution < -0.4 is 4.74 Å². The largest absolute Gasteiger partial charge is 0.496 e. The summed E-state index contributed by atoms with van der Waals surface area (Å²) in [6.45, 7) is 4.10. The van der Waals surface area contributed by atoms with Gasteiger partial charge >= 0.3 is 0 Å². The van der Waals surface area contributed by atoms with Gasteiger partial charge in [0.2, 0.25) is 0 Å². The van der Waals surface area contributed by atoms with E-state index in [1.165, 1.54) is 0 Å². The molecule has 3 heteroatoms. The van der Waals surface area contributed by atoms with E-state index in [2.05, 4.69) is 6.92 Å². The van der Waals surface area contributed by atoms with Crippen LogP contribution in [0, 0.1) is 6.92 Å². The average molecular weight is 247 g/mol. The van der Waals surface area contributed by atoms with E-state index in [-0.39, 0.29) is 0 Å². The zero-order valence-corrected chi connectivity index (χ0v) is 10.8. The molecule has 0 saturated carbocycles. The molecule has 0 heterocycles. The van der Waals surface area contributed by atoms with Gasteiger partial charge in [-0.15, -0.1) is 11.6 Å². The van der Waals surface area contributed by atoms with Gasteiger partial charge in [-0.3, -0.25) is 0 Å². The first kappa shape index (κ1) is 12.7. The average Bonchev–Trinajstić information content (AvgIpc) is 2.21. The molecular formula is C12H16Cl2O. The summed E-state index contributed by atoms with van der Waals surface area (Å²) in [5, 5.41) is 0.784. The second-order valence-electron chi connectivity index (χ2n) is 3.72. The van der Waals surface area contributed by atoms with Crippen molar-refractivity contribution in [1.82, 2.24) is 0 Å². The van der Waals surface area contributed by atoms with Gasteiger partial charge in [-0.2, -0.15) is 0 Å². The quantitative estimate of drug-likeness (QED) is 0.717. The van der Waals surface area contributed by atoms with Crippen LogP contribution >= 0.6 is 23.2 Å². The van der Waals surface area contributed by atoms with Gasteiger partial charge < -0.3 is 4.74 Å². The van der Waals surface area contributed by atoms with E-state index >= 15 is 0 Å². The van der Waals surface area contributed by atoms with Gasteiger partial charge in [0.25, 0.3) is 0 Å². The first-order chi connectivity index (χ1) is 7.10. The maximum atomic E-state index is 6.10. The molecule has 0 radical (unpaired) electrons. The Morgan fingerprint density at radius 3 is 2.60 bits per heavy atom. The second-order valence-corrected chi connectivity index (χ2v) is 4.51. The van der Waals surface area contributed by atoms with E-state index in [9.17, 15) is 0 Å². The molecule has 1 aromatic carbocycles. The maximum Gasteiger partial charge on any atom is 0.122 e. The molecule has 0 amide bonds. The molecule has 0 spiro atoms. The third kappa shape index (κ3) is 3.02. The fourth-order valence-electron chi connectivity index (χ4n) is 1.55. The van der Waals surface area contributed by atoms with Gasteiger partial charge in [-0.25, -0.2) is 0 Å². The number of rotatable bonds is 4. The highest BCUT2D eigenvalue weighted by molar-refractivity contribution is 6.31. The van der Waals surface area contributed by atoms with Crippen LogP contribution in [0.25, 0.3) is 0 Å². The minimum absolute atomic E-state index is 0.371. The lowest BCUT2D eigenvalue weighted by Gasteiger charge is -2.16. The van der Waals surface area contributed by atoms with Gasteiger partial charge in [-0.05, 0) is 42.5 Å². The number of aryl methyl sites for hydroxylation is 1. The van der Waals surface area contributed by atoms with E-state index in [1.807, 2.05) is 19.1 Å². The molecule has 1 unspecified atom stereocenters. The number of ether oxygens (including phenoxy) is 1. The molecule has 0 N–H and O–H groups in total. The Bertz CT molecular complexity index is 337. The number of methoxy groups -OCH3 is 1. The van der Waals surface area contributed by atoms with E-state index in [0.717, 1.165) is 28.3 Å². The van der Waals surface area contributed by atoms with Gasteiger partial charge in [0.15, 0.2) is 0 Å². The first-order valence-corrected chi connectivity index (χ1v) is 5.91. The van der Waals surface area contributed by atoms with E-state index < -0.39 is 0 Å². The van der Waals surface area contributed by atoms with Crippen LogP contribution in [-0.4, -0.2) is 13.0 Å². The SMILES string of the molecule is COc1cc(C)c(Cl)cc1C(C)CCCl. The molecule has 0 aliphatic carbocycles. The Labute approximate surface area is 101 Å². The fraction of sp³-hybridized carbons (Fsp3) is 0.500. The standard InChI is InChI=1S/C12H16Cl2O/c1-8(4-5-13)10-7-11(14)9(2)6-12(10)15-3/h6-8H,4-5H2,1-3H3. The summed E-state index contributed by atoms with van der Waals surface area (Å²) in [6, 6.07) is 3.95. The number of hydrogen-bond acceptors (Lipinski definition) is 1. The van der Waals surface area contributed by atoms with E-state index in [4.69, 9.17) is 27.9 Å².